The molecule has 148 valence electrons. The first kappa shape index (κ1) is 19.9. The summed E-state index contributed by atoms with van der Waals surface area (Å²) >= 11 is 0. The van der Waals surface area contributed by atoms with Crippen LogP contribution < -0.4 is 11.1 Å². The topological polar surface area (TPSA) is 130 Å². The first-order valence-corrected chi connectivity index (χ1v) is 8.31. The summed E-state index contributed by atoms with van der Waals surface area (Å²) in [6.45, 7) is -0.0805. The molecule has 11 heteroatoms. The number of primary amides is 1. The number of amides is 1. The maximum Gasteiger partial charge on any atom is 0.451 e. The number of alkyl halides is 3. The van der Waals surface area contributed by atoms with E-state index in [0.717, 1.165) is 0 Å². The van der Waals surface area contributed by atoms with Crippen LogP contribution in [0.1, 0.15) is 27.8 Å². The number of carbonyl (C=O) groups is 1. The molecule has 1 atom stereocenters. The Morgan fingerprint density at radius 3 is 2.52 bits per heavy atom. The smallest absolute Gasteiger partial charge is 0.366 e. The zero-order chi connectivity index (χ0) is 21.0. The van der Waals surface area contributed by atoms with Crippen LogP contribution in [0, 0.1) is 0 Å². The lowest BCUT2D eigenvalue weighted by Crippen LogP contribution is -2.19. The van der Waals surface area contributed by atoms with Gasteiger partial charge in [0, 0.05) is 10.3 Å². The predicted octanol–water partition coefficient (Wildman–Crippen LogP) is 4.21. The van der Waals surface area contributed by atoms with Gasteiger partial charge >= 0.3 is 6.18 Å². The number of rotatable bonds is 6. The molecular formula is C18H14F3N7O. The summed E-state index contributed by atoms with van der Waals surface area (Å²) in [7, 11) is 0. The summed E-state index contributed by atoms with van der Waals surface area (Å²) in [5.74, 6) is -2.49. The third-order valence-electron chi connectivity index (χ3n) is 4.09. The number of azide groups is 1. The number of hydrogen-bond acceptors (Lipinski definition) is 5. The normalized spacial score (nSPS) is 12.2. The monoisotopic (exact) mass is 401 g/mol. The van der Waals surface area contributed by atoms with E-state index in [1.807, 2.05) is 0 Å². The summed E-state index contributed by atoms with van der Waals surface area (Å²) in [4.78, 5) is 21.5. The van der Waals surface area contributed by atoms with Gasteiger partial charge in [-0.05, 0) is 23.2 Å². The fourth-order valence-electron chi connectivity index (χ4n) is 2.79. The molecule has 0 fully saturated rings. The van der Waals surface area contributed by atoms with Gasteiger partial charge in [0.15, 0.2) is 0 Å². The average Bonchev–Trinajstić information content (AvgIpc) is 2.70. The lowest BCUT2D eigenvalue weighted by atomic mass is 10.1. The fraction of sp³-hybridized carbons (Fsp3) is 0.167. The van der Waals surface area contributed by atoms with E-state index in [1.54, 1.807) is 30.3 Å². The Morgan fingerprint density at radius 2 is 1.90 bits per heavy atom. The molecular weight excluding hydrogens is 387 g/mol. The van der Waals surface area contributed by atoms with Crippen LogP contribution in [-0.2, 0) is 6.18 Å². The first-order chi connectivity index (χ1) is 13.8. The van der Waals surface area contributed by atoms with Crippen LogP contribution in [-0.4, -0.2) is 22.4 Å². The molecule has 8 nitrogen and oxygen atoms in total. The molecule has 0 unspecified atom stereocenters. The van der Waals surface area contributed by atoms with Gasteiger partial charge in [-0.1, -0.05) is 41.5 Å². The van der Waals surface area contributed by atoms with Crippen LogP contribution in [0.5, 0.6) is 0 Å². The highest BCUT2D eigenvalue weighted by atomic mass is 19.4. The van der Waals surface area contributed by atoms with Crippen molar-refractivity contribution in [2.45, 2.75) is 12.2 Å². The molecule has 3 rings (SSSR count). The second kappa shape index (κ2) is 8.03. The van der Waals surface area contributed by atoms with Gasteiger partial charge in [-0.25, -0.2) is 9.97 Å². The van der Waals surface area contributed by atoms with Crippen LogP contribution in [0.4, 0.5) is 19.0 Å². The molecule has 0 bridgehead atoms. The molecule has 2 aromatic carbocycles. The number of anilines is 1. The standard InChI is InChI=1S/C18H14F3N7O/c19-18(20,21)17-26-14-11(15(22)29)7-4-8-12(14)16(27-17)25-13(9-24-28-23)10-5-2-1-3-6-10/h1-8,13H,9H2,(H2,22,29)(H,25,26,27)/t13-/m1/s1. The molecule has 0 saturated heterocycles. The number of benzene rings is 2. The number of carbonyl (C=O) groups excluding carboxylic acids is 1. The van der Waals surface area contributed by atoms with Crippen molar-refractivity contribution in [1.29, 1.82) is 0 Å². The van der Waals surface area contributed by atoms with Crippen molar-refractivity contribution >= 4 is 22.6 Å². The SMILES string of the molecule is [N-]=[N+]=NC[C@@H](Nc1nc(C(F)(F)F)nc2c(C(N)=O)cccc12)c1ccccc1. The van der Waals surface area contributed by atoms with E-state index in [4.69, 9.17) is 11.3 Å². The average molecular weight is 401 g/mol. The maximum absolute atomic E-state index is 13.4. The summed E-state index contributed by atoms with van der Waals surface area (Å²) in [5, 5.41) is 6.58. The largest absolute Gasteiger partial charge is 0.451 e. The molecule has 1 amide bonds. The zero-order valence-electron chi connectivity index (χ0n) is 14.8. The first-order valence-electron chi connectivity index (χ1n) is 8.31. The van der Waals surface area contributed by atoms with E-state index in [9.17, 15) is 18.0 Å². The molecule has 0 radical (unpaired) electrons. The van der Waals surface area contributed by atoms with Crippen molar-refractivity contribution in [2.75, 3.05) is 11.9 Å². The predicted molar refractivity (Wildman–Crippen MR) is 99.9 cm³/mol. The highest BCUT2D eigenvalue weighted by Gasteiger charge is 2.36. The highest BCUT2D eigenvalue weighted by Crippen LogP contribution is 2.33. The number of nitrogens with two attached hydrogens (primary N) is 1. The van der Waals surface area contributed by atoms with Gasteiger partial charge in [0.25, 0.3) is 5.91 Å². The number of hydrogen-bond donors (Lipinski definition) is 2. The Kier molecular flexibility index (Phi) is 5.51. The Balaban J connectivity index is 2.19. The van der Waals surface area contributed by atoms with E-state index < -0.39 is 23.9 Å². The van der Waals surface area contributed by atoms with Gasteiger partial charge < -0.3 is 11.1 Å². The van der Waals surface area contributed by atoms with Crippen LogP contribution >= 0.6 is 0 Å². The van der Waals surface area contributed by atoms with Gasteiger partial charge in [0.2, 0.25) is 5.82 Å². The second-order valence-corrected chi connectivity index (χ2v) is 5.98. The summed E-state index contributed by atoms with van der Waals surface area (Å²) < 4.78 is 40.1. The summed E-state index contributed by atoms with van der Waals surface area (Å²) in [6, 6.07) is 12.3. The number of fused-ring (bicyclic) bond motifs is 1. The van der Waals surface area contributed by atoms with Gasteiger partial charge in [0.05, 0.1) is 23.7 Å². The van der Waals surface area contributed by atoms with E-state index in [1.165, 1.54) is 18.2 Å². The second-order valence-electron chi connectivity index (χ2n) is 5.98. The Bertz CT molecular complexity index is 1100. The maximum atomic E-state index is 13.4. The minimum atomic E-state index is -4.84. The van der Waals surface area contributed by atoms with Crippen molar-refractivity contribution in [3.63, 3.8) is 0 Å². The van der Waals surface area contributed by atoms with Crippen molar-refractivity contribution < 1.29 is 18.0 Å². The molecule has 3 N–H and O–H groups in total. The van der Waals surface area contributed by atoms with Crippen molar-refractivity contribution in [2.24, 2.45) is 10.8 Å². The molecule has 0 aliphatic carbocycles. The van der Waals surface area contributed by atoms with Crippen molar-refractivity contribution in [1.82, 2.24) is 9.97 Å². The molecule has 0 saturated carbocycles. The van der Waals surface area contributed by atoms with Crippen molar-refractivity contribution in [3.05, 3.63) is 75.9 Å². The third-order valence-corrected chi connectivity index (χ3v) is 4.09. The van der Waals surface area contributed by atoms with E-state index in [2.05, 4.69) is 25.3 Å². The minimum absolute atomic E-state index is 0.0805. The number of aromatic nitrogens is 2. The van der Waals surface area contributed by atoms with Gasteiger partial charge in [0.1, 0.15) is 5.82 Å². The highest BCUT2D eigenvalue weighted by molar-refractivity contribution is 6.07. The Hall–Kier alpha value is -3.85. The summed E-state index contributed by atoms with van der Waals surface area (Å²) in [5.41, 5.74) is 14.2. The number of halogens is 3. The van der Waals surface area contributed by atoms with Crippen LogP contribution in [0.25, 0.3) is 21.3 Å². The van der Waals surface area contributed by atoms with Gasteiger partial charge in [-0.15, -0.1) is 0 Å². The van der Waals surface area contributed by atoms with Crippen LogP contribution in [0.3, 0.4) is 0 Å². The number of para-hydroxylation sites is 1. The van der Waals surface area contributed by atoms with Gasteiger partial charge in [-0.2, -0.15) is 13.2 Å². The van der Waals surface area contributed by atoms with E-state index >= 15 is 0 Å². The molecule has 0 spiro atoms. The van der Waals surface area contributed by atoms with E-state index in [0.29, 0.717) is 5.56 Å². The van der Waals surface area contributed by atoms with Crippen LogP contribution in [0.2, 0.25) is 0 Å². The molecule has 1 heterocycles. The minimum Gasteiger partial charge on any atom is -0.366 e. The quantitative estimate of drug-likeness (QED) is 0.364. The molecule has 0 aliphatic rings. The Morgan fingerprint density at radius 1 is 1.17 bits per heavy atom. The van der Waals surface area contributed by atoms with Crippen molar-refractivity contribution in [3.8, 4) is 0 Å². The molecule has 1 aromatic heterocycles. The summed E-state index contributed by atoms with van der Waals surface area (Å²) in [6.07, 6.45) is -4.84. The number of nitrogens with zero attached hydrogens (tertiary/aromatic N) is 5. The molecule has 3 aromatic rings. The molecule has 29 heavy (non-hydrogen) atoms. The Labute approximate surface area is 162 Å². The third kappa shape index (κ3) is 4.36. The lowest BCUT2D eigenvalue weighted by Gasteiger charge is -2.20. The lowest BCUT2D eigenvalue weighted by molar-refractivity contribution is -0.144. The van der Waals surface area contributed by atoms with E-state index in [-0.39, 0.29) is 28.8 Å². The zero-order valence-corrected chi connectivity index (χ0v) is 14.8. The molecule has 0 aliphatic heterocycles. The fourth-order valence-corrected chi connectivity index (χ4v) is 2.79. The number of nitrogens with one attached hydrogen (secondary N) is 1. The van der Waals surface area contributed by atoms with Crippen LogP contribution in [0.15, 0.2) is 53.6 Å². The van der Waals surface area contributed by atoms with Gasteiger partial charge in [-0.3, -0.25) is 4.79 Å².